The minimum atomic E-state index is -0.772. The fourth-order valence-electron chi connectivity index (χ4n) is 1.56. The van der Waals surface area contributed by atoms with Gasteiger partial charge in [0.15, 0.2) is 0 Å². The van der Waals surface area contributed by atoms with Gasteiger partial charge in [0.2, 0.25) is 0 Å². The predicted octanol–water partition coefficient (Wildman–Crippen LogP) is 3.72. The summed E-state index contributed by atoms with van der Waals surface area (Å²) in [4.78, 5) is 10.8. The average Bonchev–Trinajstić information content (AvgIpc) is 2.17. The summed E-state index contributed by atoms with van der Waals surface area (Å²) in [6, 6.07) is 7.87. The molecule has 2 radical (unpaired) electrons. The van der Waals surface area contributed by atoms with Crippen LogP contribution in [0.15, 0.2) is 24.3 Å². The average molecular weight is 238 g/mol. The van der Waals surface area contributed by atoms with Crippen LogP contribution < -0.4 is 0 Å². The molecule has 1 N–H and O–H groups in total. The van der Waals surface area contributed by atoms with Crippen molar-refractivity contribution < 1.29 is 9.90 Å². The van der Waals surface area contributed by atoms with Crippen molar-refractivity contribution in [1.29, 1.82) is 0 Å². The number of aliphatic carboxylic acids is 1. The first kappa shape index (κ1) is 15.0. The van der Waals surface area contributed by atoms with E-state index in [-0.39, 0.29) is 13.5 Å². The van der Waals surface area contributed by atoms with E-state index < -0.39 is 11.9 Å². The second-order valence-electron chi connectivity index (χ2n) is 4.40. The summed E-state index contributed by atoms with van der Waals surface area (Å²) in [6.07, 6.45) is 1.04. The number of carbonyl (C=O) groups is 1. The van der Waals surface area contributed by atoms with Gasteiger partial charge in [0.25, 0.3) is 0 Å². The lowest BCUT2D eigenvalue weighted by Gasteiger charge is -2.09. The minimum Gasteiger partial charge on any atom is -0.481 e. The molecule has 0 amide bonds. The summed E-state index contributed by atoms with van der Waals surface area (Å²) in [6.45, 7) is 6.06. The van der Waals surface area contributed by atoms with Crippen LogP contribution in [0.4, 0.5) is 0 Å². The molecule has 88 valence electrons. The molecule has 0 fully saturated rings. The Bertz CT molecular complexity index is 330. The first-order valence-electron chi connectivity index (χ1n) is 5.32. The highest BCUT2D eigenvalue weighted by Gasteiger charge is 2.12. The normalized spacial score (nSPS) is 12.0. The second-order valence-corrected chi connectivity index (χ2v) is 4.40. The summed E-state index contributed by atoms with van der Waals surface area (Å²) in [5.74, 6) is -0.558. The molecular weight excluding hydrogens is 220 g/mol. The van der Waals surface area contributed by atoms with E-state index in [2.05, 4.69) is 13.8 Å². The van der Waals surface area contributed by atoms with Crippen molar-refractivity contribution >= 4 is 19.5 Å². The van der Waals surface area contributed by atoms with E-state index in [0.717, 1.165) is 12.0 Å². The molecule has 16 heavy (non-hydrogen) atoms. The van der Waals surface area contributed by atoms with E-state index in [9.17, 15) is 4.79 Å². The molecule has 0 saturated heterocycles. The summed E-state index contributed by atoms with van der Waals surface area (Å²) in [7, 11) is 0. The van der Waals surface area contributed by atoms with Gasteiger partial charge in [-0.2, -0.15) is 0 Å². The fraction of sp³-hybridized carbons (Fsp3) is 0.462. The van der Waals surface area contributed by atoms with Gasteiger partial charge in [-0.1, -0.05) is 38.1 Å². The number of rotatable bonds is 4. The lowest BCUT2D eigenvalue weighted by molar-refractivity contribution is -0.138. The Morgan fingerprint density at radius 3 is 2.06 bits per heavy atom. The maximum Gasteiger partial charge on any atom is 0.310 e. The van der Waals surface area contributed by atoms with Crippen LogP contribution in [0, 0.1) is 5.92 Å². The minimum absolute atomic E-state index is 0. The number of hydrogen-bond acceptors (Lipinski definition) is 1. The Kier molecular flexibility index (Phi) is 6.19. The van der Waals surface area contributed by atoms with Crippen LogP contribution in [0.2, 0.25) is 0 Å². The van der Waals surface area contributed by atoms with Crippen molar-refractivity contribution in [2.75, 3.05) is 0 Å². The molecule has 0 aliphatic heterocycles. The number of hydrogen-bond donors (Lipinski definition) is 1. The lowest BCUT2D eigenvalue weighted by atomic mass is 9.97. The Balaban J connectivity index is 0.00000225. The number of benzene rings is 1. The van der Waals surface area contributed by atoms with Crippen molar-refractivity contribution in [2.45, 2.75) is 33.1 Å². The van der Waals surface area contributed by atoms with Gasteiger partial charge in [0.05, 0.1) is 5.92 Å². The fourth-order valence-corrected chi connectivity index (χ4v) is 1.56. The SMILES string of the molecule is CC(C)Cc1ccc(C(C)C(=O)O)cc1.[S]. The zero-order valence-corrected chi connectivity index (χ0v) is 10.8. The van der Waals surface area contributed by atoms with Gasteiger partial charge in [-0.3, -0.25) is 4.79 Å². The van der Waals surface area contributed by atoms with Gasteiger partial charge in [0, 0.05) is 13.5 Å². The van der Waals surface area contributed by atoms with E-state index >= 15 is 0 Å². The van der Waals surface area contributed by atoms with Gasteiger partial charge in [-0.05, 0) is 30.4 Å². The van der Waals surface area contributed by atoms with Crippen LogP contribution in [0.3, 0.4) is 0 Å². The van der Waals surface area contributed by atoms with E-state index in [4.69, 9.17) is 5.11 Å². The highest BCUT2D eigenvalue weighted by molar-refractivity contribution is 7.59. The van der Waals surface area contributed by atoms with E-state index in [1.807, 2.05) is 24.3 Å². The Morgan fingerprint density at radius 2 is 1.69 bits per heavy atom. The van der Waals surface area contributed by atoms with E-state index in [1.54, 1.807) is 6.92 Å². The van der Waals surface area contributed by atoms with Crippen molar-refractivity contribution in [1.82, 2.24) is 0 Å². The number of carboxylic acids is 1. The third-order valence-corrected chi connectivity index (χ3v) is 2.49. The quantitative estimate of drug-likeness (QED) is 0.868. The number of carboxylic acid groups (broad SMARTS) is 1. The molecule has 0 bridgehead atoms. The van der Waals surface area contributed by atoms with Crippen molar-refractivity contribution in [2.24, 2.45) is 5.92 Å². The lowest BCUT2D eigenvalue weighted by Crippen LogP contribution is -2.07. The molecule has 2 nitrogen and oxygen atoms in total. The van der Waals surface area contributed by atoms with Gasteiger partial charge < -0.3 is 5.11 Å². The molecule has 1 rings (SSSR count). The molecule has 0 aliphatic carbocycles. The highest BCUT2D eigenvalue weighted by Crippen LogP contribution is 2.17. The highest BCUT2D eigenvalue weighted by atomic mass is 32.1. The predicted molar refractivity (Wildman–Crippen MR) is 68.6 cm³/mol. The maximum absolute atomic E-state index is 10.8. The van der Waals surface area contributed by atoms with Crippen molar-refractivity contribution in [3.05, 3.63) is 35.4 Å². The molecule has 0 saturated carbocycles. The molecule has 1 aromatic rings. The molecule has 0 heterocycles. The van der Waals surface area contributed by atoms with Gasteiger partial charge >= 0.3 is 5.97 Å². The molecule has 0 aliphatic rings. The molecule has 0 spiro atoms. The monoisotopic (exact) mass is 238 g/mol. The standard InChI is InChI=1S/C13H18O2.S/c1-9(2)8-11-4-6-12(7-5-11)10(3)13(14)15;/h4-7,9-10H,8H2,1-3H3,(H,14,15);. The van der Waals surface area contributed by atoms with Gasteiger partial charge in [-0.25, -0.2) is 0 Å². The molecular formula is C13H18O2S. The third kappa shape index (κ3) is 4.27. The Hall–Kier alpha value is -0.960. The third-order valence-electron chi connectivity index (χ3n) is 2.49. The van der Waals surface area contributed by atoms with Crippen molar-refractivity contribution in [3.8, 4) is 0 Å². The maximum atomic E-state index is 10.8. The smallest absolute Gasteiger partial charge is 0.310 e. The van der Waals surface area contributed by atoms with Crippen molar-refractivity contribution in [3.63, 3.8) is 0 Å². The molecule has 1 unspecified atom stereocenters. The van der Waals surface area contributed by atoms with Crippen LogP contribution >= 0.6 is 13.5 Å². The van der Waals surface area contributed by atoms with Crippen LogP contribution in [0.5, 0.6) is 0 Å². The van der Waals surface area contributed by atoms with Crippen LogP contribution in [-0.2, 0) is 11.2 Å². The molecule has 1 aromatic carbocycles. The summed E-state index contributed by atoms with van der Waals surface area (Å²) < 4.78 is 0. The van der Waals surface area contributed by atoms with Gasteiger partial charge in [-0.15, -0.1) is 0 Å². The molecule has 1 atom stereocenters. The van der Waals surface area contributed by atoms with Crippen LogP contribution in [0.1, 0.15) is 37.8 Å². The first-order valence-corrected chi connectivity index (χ1v) is 5.32. The van der Waals surface area contributed by atoms with Crippen LogP contribution in [0.25, 0.3) is 0 Å². The summed E-state index contributed by atoms with van der Waals surface area (Å²) >= 11 is 0. The van der Waals surface area contributed by atoms with Gasteiger partial charge in [0.1, 0.15) is 0 Å². The topological polar surface area (TPSA) is 37.3 Å². The molecule has 3 heteroatoms. The zero-order valence-electron chi connectivity index (χ0n) is 9.93. The van der Waals surface area contributed by atoms with E-state index in [1.165, 1.54) is 5.56 Å². The Morgan fingerprint density at radius 1 is 1.19 bits per heavy atom. The second kappa shape index (κ2) is 6.59. The summed E-state index contributed by atoms with van der Waals surface area (Å²) in [5, 5.41) is 8.85. The Labute approximate surface area is 104 Å². The summed E-state index contributed by atoms with van der Waals surface area (Å²) in [5.41, 5.74) is 2.14. The van der Waals surface area contributed by atoms with Crippen LogP contribution in [-0.4, -0.2) is 11.1 Å². The zero-order chi connectivity index (χ0) is 11.4. The van der Waals surface area contributed by atoms with E-state index in [0.29, 0.717) is 5.92 Å². The molecule has 0 aromatic heterocycles. The largest absolute Gasteiger partial charge is 0.481 e. The first-order chi connectivity index (χ1) is 7.00.